The number of rotatable bonds is 3. The van der Waals surface area contributed by atoms with E-state index in [9.17, 15) is 4.79 Å². The minimum Gasteiger partial charge on any atom is -0.466 e. The van der Waals surface area contributed by atoms with E-state index in [1.807, 2.05) is 6.92 Å². The molecule has 4 rings (SSSR count). The number of hydrogen-bond donors (Lipinski definition) is 0. The van der Waals surface area contributed by atoms with Crippen LogP contribution in [0.1, 0.15) is 29.7 Å². The molecule has 3 heterocycles. The minimum absolute atomic E-state index is 0.122. The lowest BCUT2D eigenvalue weighted by Crippen LogP contribution is -2.37. The molecule has 1 aliphatic heterocycles. The van der Waals surface area contributed by atoms with E-state index in [-0.39, 0.29) is 11.9 Å². The molecule has 2 aromatic rings. The van der Waals surface area contributed by atoms with Crippen molar-refractivity contribution < 1.29 is 14.3 Å². The standard InChI is InChI=1S/C16H19N3O3S/c1-2-22-16(20)10-3-4-11-12(10)13-14(17-9-18-15(13)23-11)19-5-7-21-8-6-19/h9-10H,2-8H2,1H3/t10-/m0/s1. The van der Waals surface area contributed by atoms with Crippen molar-refractivity contribution in [2.24, 2.45) is 0 Å². The molecule has 2 aromatic heterocycles. The number of ether oxygens (including phenoxy) is 2. The molecular weight excluding hydrogens is 314 g/mol. The second kappa shape index (κ2) is 6.05. The number of aryl methyl sites for hydroxylation is 1. The summed E-state index contributed by atoms with van der Waals surface area (Å²) in [6.45, 7) is 5.32. The van der Waals surface area contributed by atoms with Crippen LogP contribution in [0.4, 0.5) is 5.82 Å². The maximum Gasteiger partial charge on any atom is 0.313 e. The third kappa shape index (κ3) is 2.48. The Bertz CT molecular complexity index is 739. The number of carbonyl (C=O) groups is 1. The van der Waals surface area contributed by atoms with Crippen molar-refractivity contribution in [3.05, 3.63) is 16.8 Å². The lowest BCUT2D eigenvalue weighted by atomic mass is 10.0. The average molecular weight is 333 g/mol. The van der Waals surface area contributed by atoms with Crippen molar-refractivity contribution >= 4 is 33.3 Å². The molecular formula is C16H19N3O3S. The van der Waals surface area contributed by atoms with Crippen molar-refractivity contribution in [2.45, 2.75) is 25.7 Å². The van der Waals surface area contributed by atoms with E-state index in [2.05, 4.69) is 14.9 Å². The summed E-state index contributed by atoms with van der Waals surface area (Å²) in [7, 11) is 0. The molecule has 122 valence electrons. The summed E-state index contributed by atoms with van der Waals surface area (Å²) in [4.78, 5) is 25.8. The molecule has 1 aliphatic carbocycles. The zero-order chi connectivity index (χ0) is 15.8. The summed E-state index contributed by atoms with van der Waals surface area (Å²) in [6.07, 6.45) is 3.37. The van der Waals surface area contributed by atoms with Crippen molar-refractivity contribution in [3.63, 3.8) is 0 Å². The highest BCUT2D eigenvalue weighted by atomic mass is 32.1. The van der Waals surface area contributed by atoms with Crippen LogP contribution in [0.3, 0.4) is 0 Å². The third-order valence-electron chi connectivity index (χ3n) is 4.47. The van der Waals surface area contributed by atoms with E-state index in [1.54, 1.807) is 17.7 Å². The van der Waals surface area contributed by atoms with Crippen LogP contribution in [-0.4, -0.2) is 48.8 Å². The largest absolute Gasteiger partial charge is 0.466 e. The number of hydrogen-bond acceptors (Lipinski definition) is 7. The van der Waals surface area contributed by atoms with Crippen molar-refractivity contribution in [2.75, 3.05) is 37.8 Å². The molecule has 6 nitrogen and oxygen atoms in total. The SMILES string of the molecule is CCOC(=O)[C@H]1CCc2sc3ncnc(N4CCOCC4)c3c21. The zero-order valence-electron chi connectivity index (χ0n) is 13.1. The molecule has 0 unspecified atom stereocenters. The average Bonchev–Trinajstić information content (AvgIpc) is 3.14. The van der Waals surface area contributed by atoms with E-state index < -0.39 is 0 Å². The molecule has 0 amide bonds. The molecule has 0 N–H and O–H groups in total. The van der Waals surface area contributed by atoms with Crippen LogP contribution < -0.4 is 4.90 Å². The Balaban J connectivity index is 1.82. The van der Waals surface area contributed by atoms with Crippen molar-refractivity contribution in [3.8, 4) is 0 Å². The molecule has 23 heavy (non-hydrogen) atoms. The normalized spacial score (nSPS) is 20.7. The summed E-state index contributed by atoms with van der Waals surface area (Å²) >= 11 is 1.69. The first-order chi connectivity index (χ1) is 11.3. The second-order valence-electron chi connectivity index (χ2n) is 5.76. The van der Waals surface area contributed by atoms with Gasteiger partial charge in [0.15, 0.2) is 0 Å². The lowest BCUT2D eigenvalue weighted by Gasteiger charge is -2.28. The lowest BCUT2D eigenvalue weighted by molar-refractivity contribution is -0.144. The number of nitrogens with zero attached hydrogens (tertiary/aromatic N) is 3. The van der Waals surface area contributed by atoms with E-state index >= 15 is 0 Å². The summed E-state index contributed by atoms with van der Waals surface area (Å²) < 4.78 is 10.7. The molecule has 0 saturated carbocycles. The Kier molecular flexibility index (Phi) is 3.90. The fraction of sp³-hybridized carbons (Fsp3) is 0.562. The predicted octanol–water partition coefficient (Wildman–Crippen LogP) is 2.12. The van der Waals surface area contributed by atoms with E-state index in [0.717, 1.165) is 47.5 Å². The highest BCUT2D eigenvalue weighted by molar-refractivity contribution is 7.19. The Morgan fingerprint density at radius 3 is 3.04 bits per heavy atom. The first kappa shape index (κ1) is 14.8. The van der Waals surface area contributed by atoms with Gasteiger partial charge in [0, 0.05) is 18.0 Å². The molecule has 1 atom stereocenters. The van der Waals surface area contributed by atoms with Gasteiger partial charge >= 0.3 is 5.97 Å². The van der Waals surface area contributed by atoms with Crippen LogP contribution in [0.5, 0.6) is 0 Å². The van der Waals surface area contributed by atoms with Gasteiger partial charge in [-0.1, -0.05) is 0 Å². The van der Waals surface area contributed by atoms with Crippen LogP contribution >= 0.6 is 11.3 Å². The summed E-state index contributed by atoms with van der Waals surface area (Å²) in [5, 5.41) is 1.05. The van der Waals surface area contributed by atoms with Crippen LogP contribution in [0, 0.1) is 0 Å². The number of esters is 1. The zero-order valence-corrected chi connectivity index (χ0v) is 13.9. The molecule has 0 radical (unpaired) electrons. The maximum atomic E-state index is 12.3. The maximum absolute atomic E-state index is 12.3. The fourth-order valence-electron chi connectivity index (χ4n) is 3.45. The van der Waals surface area contributed by atoms with Crippen LogP contribution in [0.25, 0.3) is 10.2 Å². The minimum atomic E-state index is -0.176. The van der Waals surface area contributed by atoms with Gasteiger partial charge in [0.1, 0.15) is 17.0 Å². The van der Waals surface area contributed by atoms with Gasteiger partial charge in [-0.25, -0.2) is 9.97 Å². The Labute approximate surface area is 138 Å². The van der Waals surface area contributed by atoms with Crippen molar-refractivity contribution in [1.82, 2.24) is 9.97 Å². The number of anilines is 1. The number of thiophene rings is 1. The highest BCUT2D eigenvalue weighted by Gasteiger charge is 2.35. The Hall–Kier alpha value is -1.73. The third-order valence-corrected chi connectivity index (χ3v) is 5.65. The van der Waals surface area contributed by atoms with Crippen LogP contribution in [0.15, 0.2) is 6.33 Å². The van der Waals surface area contributed by atoms with Crippen molar-refractivity contribution in [1.29, 1.82) is 0 Å². The predicted molar refractivity (Wildman–Crippen MR) is 88.1 cm³/mol. The molecule has 2 aliphatic rings. The van der Waals surface area contributed by atoms with Gasteiger partial charge in [-0.2, -0.15) is 0 Å². The van der Waals surface area contributed by atoms with Crippen LogP contribution in [-0.2, 0) is 20.7 Å². The smallest absolute Gasteiger partial charge is 0.313 e. The van der Waals surface area contributed by atoms with E-state index in [4.69, 9.17) is 9.47 Å². The van der Waals surface area contributed by atoms with Gasteiger partial charge in [-0.15, -0.1) is 11.3 Å². The Morgan fingerprint density at radius 1 is 1.43 bits per heavy atom. The quantitative estimate of drug-likeness (QED) is 0.802. The first-order valence-corrected chi connectivity index (χ1v) is 8.86. The highest BCUT2D eigenvalue weighted by Crippen LogP contribution is 2.46. The molecule has 0 spiro atoms. The second-order valence-corrected chi connectivity index (χ2v) is 6.84. The number of carbonyl (C=O) groups excluding carboxylic acids is 1. The van der Waals surface area contributed by atoms with Gasteiger partial charge < -0.3 is 14.4 Å². The molecule has 1 fully saturated rings. The molecule has 0 bridgehead atoms. The molecule has 7 heteroatoms. The van der Waals surface area contributed by atoms with Gasteiger partial charge in [0.25, 0.3) is 0 Å². The molecule has 1 saturated heterocycles. The summed E-state index contributed by atoms with van der Waals surface area (Å²) in [6, 6.07) is 0. The topological polar surface area (TPSA) is 64.5 Å². The summed E-state index contributed by atoms with van der Waals surface area (Å²) in [5.41, 5.74) is 1.10. The number of morpholine rings is 1. The van der Waals surface area contributed by atoms with Gasteiger partial charge in [-0.3, -0.25) is 4.79 Å². The van der Waals surface area contributed by atoms with Gasteiger partial charge in [0.05, 0.1) is 31.1 Å². The van der Waals surface area contributed by atoms with E-state index in [0.29, 0.717) is 19.8 Å². The van der Waals surface area contributed by atoms with E-state index in [1.165, 1.54) is 4.88 Å². The Morgan fingerprint density at radius 2 is 2.26 bits per heavy atom. The fourth-order valence-corrected chi connectivity index (χ4v) is 4.66. The monoisotopic (exact) mass is 333 g/mol. The number of aromatic nitrogens is 2. The van der Waals surface area contributed by atoms with Gasteiger partial charge in [-0.05, 0) is 25.3 Å². The first-order valence-electron chi connectivity index (χ1n) is 8.05. The summed E-state index contributed by atoms with van der Waals surface area (Å²) in [5.74, 6) is 0.638. The van der Waals surface area contributed by atoms with Crippen LogP contribution in [0.2, 0.25) is 0 Å². The number of fused-ring (bicyclic) bond motifs is 3. The van der Waals surface area contributed by atoms with Gasteiger partial charge in [0.2, 0.25) is 0 Å². The molecule has 0 aromatic carbocycles.